The van der Waals surface area contributed by atoms with Crippen LogP contribution in [0.1, 0.15) is 41.5 Å². The number of aliphatic hydroxyl groups excluding tert-OH is 1. The first kappa shape index (κ1) is 15.6. The van der Waals surface area contributed by atoms with Crippen LogP contribution in [0.3, 0.4) is 0 Å². The van der Waals surface area contributed by atoms with Gasteiger partial charge in [-0.15, -0.1) is 0 Å². The lowest BCUT2D eigenvalue weighted by Gasteiger charge is -2.45. The monoisotopic (exact) mass is 308 g/mol. The number of allylic oxidation sites excluding steroid dienone is 1. The van der Waals surface area contributed by atoms with Gasteiger partial charge in [0.2, 0.25) is 5.78 Å². The molecule has 1 aliphatic carbocycles. The van der Waals surface area contributed by atoms with Crippen molar-refractivity contribution in [2.24, 2.45) is 10.8 Å². The zero-order valence-electron chi connectivity index (χ0n) is 14.1. The molecule has 2 saturated heterocycles. The number of carbonyl (C=O) groups is 1. The Bertz CT molecular complexity index is 600. The van der Waals surface area contributed by atoms with E-state index in [1.54, 1.807) is 0 Å². The minimum atomic E-state index is -1.26. The summed E-state index contributed by atoms with van der Waals surface area (Å²) in [6.45, 7) is 12.3. The molecule has 1 spiro atoms. The van der Waals surface area contributed by atoms with E-state index in [2.05, 4.69) is 0 Å². The second-order valence-corrected chi connectivity index (χ2v) is 8.24. The maximum atomic E-state index is 12.8. The number of fused-ring (bicyclic) bond motifs is 1. The Balaban J connectivity index is 2.30. The molecule has 0 aromatic heterocycles. The SMILES string of the molecule is CC(C)(C)C1=C2OC[C@H]3CO[C@]2(O3)C(C(C)(C)C)=C(O)C1=O. The third kappa shape index (κ3) is 1.95. The average Bonchev–Trinajstić information content (AvgIpc) is 2.66. The molecule has 1 N–H and O–H groups in total. The van der Waals surface area contributed by atoms with Crippen molar-refractivity contribution in [3.05, 3.63) is 22.7 Å². The molecule has 2 bridgehead atoms. The maximum Gasteiger partial charge on any atom is 0.256 e. The zero-order chi connectivity index (χ0) is 16.5. The van der Waals surface area contributed by atoms with Crippen LogP contribution in [0.2, 0.25) is 0 Å². The second-order valence-electron chi connectivity index (χ2n) is 8.24. The molecule has 2 aliphatic heterocycles. The van der Waals surface area contributed by atoms with E-state index in [0.717, 1.165) is 0 Å². The van der Waals surface area contributed by atoms with Gasteiger partial charge in [0.25, 0.3) is 5.79 Å². The summed E-state index contributed by atoms with van der Waals surface area (Å²) in [7, 11) is 0. The van der Waals surface area contributed by atoms with Crippen LogP contribution in [0.15, 0.2) is 22.7 Å². The predicted molar refractivity (Wildman–Crippen MR) is 80.1 cm³/mol. The van der Waals surface area contributed by atoms with Gasteiger partial charge in [0.1, 0.15) is 12.7 Å². The van der Waals surface area contributed by atoms with Gasteiger partial charge in [0, 0.05) is 5.57 Å². The number of Topliss-reactive ketones (excluding diaryl/α,β-unsaturated/α-hetero) is 1. The first-order valence-electron chi connectivity index (χ1n) is 7.67. The molecule has 22 heavy (non-hydrogen) atoms. The van der Waals surface area contributed by atoms with Crippen LogP contribution in [0.4, 0.5) is 0 Å². The summed E-state index contributed by atoms with van der Waals surface area (Å²) in [6.07, 6.45) is -0.177. The van der Waals surface area contributed by atoms with Gasteiger partial charge in [-0.05, 0) is 10.8 Å². The topological polar surface area (TPSA) is 65.0 Å². The van der Waals surface area contributed by atoms with E-state index in [1.807, 2.05) is 41.5 Å². The fourth-order valence-electron chi connectivity index (χ4n) is 3.49. The van der Waals surface area contributed by atoms with Crippen molar-refractivity contribution >= 4 is 5.78 Å². The van der Waals surface area contributed by atoms with Gasteiger partial charge in [-0.25, -0.2) is 0 Å². The lowest BCUT2D eigenvalue weighted by atomic mass is 9.70. The van der Waals surface area contributed by atoms with Gasteiger partial charge in [-0.1, -0.05) is 41.5 Å². The van der Waals surface area contributed by atoms with Crippen molar-refractivity contribution < 1.29 is 24.1 Å². The fraction of sp³-hybridized carbons (Fsp3) is 0.706. The Kier molecular flexibility index (Phi) is 3.08. The van der Waals surface area contributed by atoms with Gasteiger partial charge in [-0.3, -0.25) is 4.79 Å². The number of hydrogen-bond donors (Lipinski definition) is 1. The number of ether oxygens (including phenoxy) is 3. The number of aliphatic hydroxyl groups is 1. The Hall–Kier alpha value is -1.33. The summed E-state index contributed by atoms with van der Waals surface area (Å²) in [4.78, 5) is 12.8. The summed E-state index contributed by atoms with van der Waals surface area (Å²) in [5.41, 5.74) is -0.100. The molecule has 3 rings (SSSR count). The van der Waals surface area contributed by atoms with E-state index < -0.39 is 22.4 Å². The zero-order valence-corrected chi connectivity index (χ0v) is 14.1. The Labute approximate surface area is 130 Å². The molecule has 0 amide bonds. The molecule has 0 aromatic rings. The molecule has 0 aromatic carbocycles. The maximum absolute atomic E-state index is 12.8. The molecule has 3 aliphatic rings. The Morgan fingerprint density at radius 2 is 1.73 bits per heavy atom. The van der Waals surface area contributed by atoms with Crippen LogP contribution in [-0.2, 0) is 19.0 Å². The van der Waals surface area contributed by atoms with Crippen molar-refractivity contribution in [2.75, 3.05) is 13.2 Å². The number of ketones is 1. The van der Waals surface area contributed by atoms with E-state index in [-0.39, 0.29) is 11.9 Å². The lowest BCUT2D eigenvalue weighted by molar-refractivity contribution is -0.187. The van der Waals surface area contributed by atoms with E-state index in [0.29, 0.717) is 30.1 Å². The molecule has 2 atom stereocenters. The predicted octanol–water partition coefficient (Wildman–Crippen LogP) is 2.87. The van der Waals surface area contributed by atoms with Crippen LogP contribution >= 0.6 is 0 Å². The largest absolute Gasteiger partial charge is 0.504 e. The van der Waals surface area contributed by atoms with Crippen molar-refractivity contribution in [1.29, 1.82) is 0 Å². The van der Waals surface area contributed by atoms with Crippen LogP contribution < -0.4 is 0 Å². The molecular weight excluding hydrogens is 284 g/mol. The van der Waals surface area contributed by atoms with E-state index >= 15 is 0 Å². The molecule has 0 unspecified atom stereocenters. The highest BCUT2D eigenvalue weighted by Gasteiger charge is 2.62. The molecule has 0 saturated carbocycles. The molecular formula is C17H24O5. The molecule has 2 heterocycles. The van der Waals surface area contributed by atoms with Gasteiger partial charge in [0.15, 0.2) is 11.5 Å². The van der Waals surface area contributed by atoms with Crippen LogP contribution in [0.5, 0.6) is 0 Å². The highest BCUT2D eigenvalue weighted by molar-refractivity contribution is 6.10. The minimum Gasteiger partial charge on any atom is -0.504 e. The first-order valence-corrected chi connectivity index (χ1v) is 7.67. The van der Waals surface area contributed by atoms with Gasteiger partial charge in [0.05, 0.1) is 12.2 Å². The van der Waals surface area contributed by atoms with Crippen molar-refractivity contribution in [3.8, 4) is 0 Å². The average molecular weight is 308 g/mol. The molecule has 5 nitrogen and oxygen atoms in total. The van der Waals surface area contributed by atoms with Crippen LogP contribution in [0, 0.1) is 10.8 Å². The summed E-state index contributed by atoms with van der Waals surface area (Å²) in [5, 5.41) is 10.6. The third-order valence-corrected chi connectivity index (χ3v) is 4.25. The van der Waals surface area contributed by atoms with Gasteiger partial charge < -0.3 is 19.3 Å². The molecule has 0 radical (unpaired) electrons. The number of carbonyl (C=O) groups excluding carboxylic acids is 1. The van der Waals surface area contributed by atoms with Crippen molar-refractivity contribution in [2.45, 2.75) is 53.4 Å². The summed E-state index contributed by atoms with van der Waals surface area (Å²) < 4.78 is 18.0. The number of rotatable bonds is 0. The van der Waals surface area contributed by atoms with Crippen LogP contribution in [-0.4, -0.2) is 36.0 Å². The molecule has 2 fully saturated rings. The first-order chi connectivity index (χ1) is 9.98. The Morgan fingerprint density at radius 3 is 2.27 bits per heavy atom. The highest BCUT2D eigenvalue weighted by atomic mass is 16.8. The molecule has 5 heteroatoms. The minimum absolute atomic E-state index is 0.177. The summed E-state index contributed by atoms with van der Waals surface area (Å²) in [6, 6.07) is 0. The Morgan fingerprint density at radius 1 is 1.09 bits per heavy atom. The smallest absolute Gasteiger partial charge is 0.256 e. The van der Waals surface area contributed by atoms with Crippen molar-refractivity contribution in [1.82, 2.24) is 0 Å². The van der Waals surface area contributed by atoms with Gasteiger partial charge >= 0.3 is 0 Å². The van der Waals surface area contributed by atoms with E-state index in [9.17, 15) is 9.90 Å². The quantitative estimate of drug-likeness (QED) is 0.745. The van der Waals surface area contributed by atoms with E-state index in [4.69, 9.17) is 14.2 Å². The van der Waals surface area contributed by atoms with E-state index in [1.165, 1.54) is 0 Å². The second kappa shape index (κ2) is 4.36. The lowest BCUT2D eigenvalue weighted by Crippen LogP contribution is -2.51. The normalized spacial score (nSPS) is 32.3. The van der Waals surface area contributed by atoms with Gasteiger partial charge in [-0.2, -0.15) is 0 Å². The highest BCUT2D eigenvalue weighted by Crippen LogP contribution is 2.54. The fourth-order valence-corrected chi connectivity index (χ4v) is 3.49. The van der Waals surface area contributed by atoms with Crippen molar-refractivity contribution in [3.63, 3.8) is 0 Å². The summed E-state index contributed by atoms with van der Waals surface area (Å²) >= 11 is 0. The standard InChI is InChI=1S/C17H24O5/c1-15(2,3)10-11(18)12(19)13(16(4,5)6)17-14(10)20-7-9(22-17)8-21-17/h9,19H,7-8H2,1-6H3/t9-,17-/m0/s1. The van der Waals surface area contributed by atoms with Crippen LogP contribution in [0.25, 0.3) is 0 Å². The summed E-state index contributed by atoms with van der Waals surface area (Å²) in [5.74, 6) is -1.51. The third-order valence-electron chi connectivity index (χ3n) is 4.25. The molecule has 122 valence electrons. The number of hydrogen-bond acceptors (Lipinski definition) is 5.